The van der Waals surface area contributed by atoms with Gasteiger partial charge in [-0.15, -0.1) is 0 Å². The van der Waals surface area contributed by atoms with Gasteiger partial charge in [0.1, 0.15) is 0 Å². The van der Waals surface area contributed by atoms with E-state index in [1.807, 2.05) is 6.08 Å². The third-order valence-electron chi connectivity index (χ3n) is 4.60. The highest BCUT2D eigenvalue weighted by Gasteiger charge is 2.48. The fraction of sp³-hybridized carbons (Fsp3) is 0.867. The number of aliphatic hydroxyl groups is 2. The maximum Gasteiger partial charge on any atom is 0.0865 e. The van der Waals surface area contributed by atoms with Crippen LogP contribution in [-0.4, -0.2) is 33.6 Å². The molecule has 3 heteroatoms. The molecule has 18 heavy (non-hydrogen) atoms. The van der Waals surface area contributed by atoms with Crippen molar-refractivity contribution in [3.8, 4) is 0 Å². The standard InChI is InChI=1S/C15H26O3/c1-10-5-6-11(12(16)9-10)15(4)8-7-13(18-15)14(2,3)17/h9,11-13,16-17H,5-8H2,1-4H3/t11-,12+,13-,15-/m0/s1. The van der Waals surface area contributed by atoms with Crippen molar-refractivity contribution in [1.82, 2.24) is 0 Å². The van der Waals surface area contributed by atoms with Crippen molar-refractivity contribution in [3.63, 3.8) is 0 Å². The zero-order valence-corrected chi connectivity index (χ0v) is 11.9. The maximum absolute atomic E-state index is 10.2. The van der Waals surface area contributed by atoms with Crippen LogP contribution in [0.3, 0.4) is 0 Å². The Morgan fingerprint density at radius 3 is 2.56 bits per heavy atom. The second-order valence-corrected chi connectivity index (χ2v) is 6.76. The Morgan fingerprint density at radius 2 is 2.06 bits per heavy atom. The number of ether oxygens (including phenoxy) is 1. The predicted octanol–water partition coefficient (Wildman–Crippen LogP) is 2.41. The van der Waals surface area contributed by atoms with Crippen molar-refractivity contribution in [2.24, 2.45) is 5.92 Å². The van der Waals surface area contributed by atoms with E-state index in [2.05, 4.69) is 13.8 Å². The molecule has 1 saturated heterocycles. The molecular formula is C15H26O3. The highest BCUT2D eigenvalue weighted by molar-refractivity contribution is 5.12. The minimum atomic E-state index is -0.802. The first-order valence-electron chi connectivity index (χ1n) is 6.98. The highest BCUT2D eigenvalue weighted by Crippen LogP contribution is 2.44. The molecule has 0 aromatic carbocycles. The van der Waals surface area contributed by atoms with Crippen molar-refractivity contribution in [3.05, 3.63) is 11.6 Å². The van der Waals surface area contributed by atoms with E-state index < -0.39 is 11.7 Å². The third kappa shape index (κ3) is 2.63. The fourth-order valence-corrected chi connectivity index (χ4v) is 3.34. The number of aliphatic hydroxyl groups excluding tert-OH is 1. The van der Waals surface area contributed by atoms with Gasteiger partial charge in [-0.25, -0.2) is 0 Å². The number of hydrogen-bond acceptors (Lipinski definition) is 3. The van der Waals surface area contributed by atoms with Gasteiger partial charge in [-0.2, -0.15) is 0 Å². The summed E-state index contributed by atoms with van der Waals surface area (Å²) >= 11 is 0. The summed E-state index contributed by atoms with van der Waals surface area (Å²) in [5.74, 6) is 0.147. The summed E-state index contributed by atoms with van der Waals surface area (Å²) in [4.78, 5) is 0. The molecule has 1 aliphatic heterocycles. The molecule has 2 aliphatic rings. The average Bonchev–Trinajstić information content (AvgIpc) is 2.61. The lowest BCUT2D eigenvalue weighted by molar-refractivity contribution is -0.148. The molecule has 0 spiro atoms. The fourth-order valence-electron chi connectivity index (χ4n) is 3.34. The van der Waals surface area contributed by atoms with E-state index in [-0.39, 0.29) is 17.6 Å². The van der Waals surface area contributed by atoms with E-state index in [1.165, 1.54) is 5.57 Å². The zero-order chi connectivity index (χ0) is 13.6. The number of rotatable bonds is 2. The highest BCUT2D eigenvalue weighted by atomic mass is 16.5. The van der Waals surface area contributed by atoms with Crippen LogP contribution in [0.25, 0.3) is 0 Å². The van der Waals surface area contributed by atoms with Gasteiger partial charge in [-0.1, -0.05) is 11.6 Å². The number of hydrogen-bond donors (Lipinski definition) is 2. The van der Waals surface area contributed by atoms with Crippen LogP contribution < -0.4 is 0 Å². The van der Waals surface area contributed by atoms with Crippen LogP contribution in [0.15, 0.2) is 11.6 Å². The molecule has 1 heterocycles. The van der Waals surface area contributed by atoms with E-state index in [4.69, 9.17) is 4.74 Å². The van der Waals surface area contributed by atoms with Crippen molar-refractivity contribution < 1.29 is 14.9 Å². The van der Waals surface area contributed by atoms with Crippen molar-refractivity contribution >= 4 is 0 Å². The van der Waals surface area contributed by atoms with Gasteiger partial charge in [-0.05, 0) is 53.4 Å². The summed E-state index contributed by atoms with van der Waals surface area (Å²) in [6.07, 6.45) is 5.21. The quantitative estimate of drug-likeness (QED) is 0.744. The third-order valence-corrected chi connectivity index (χ3v) is 4.60. The van der Waals surface area contributed by atoms with Crippen LogP contribution >= 0.6 is 0 Å². The first kappa shape index (κ1) is 14.0. The van der Waals surface area contributed by atoms with E-state index in [0.717, 1.165) is 25.7 Å². The van der Waals surface area contributed by atoms with Crippen LogP contribution in [0.5, 0.6) is 0 Å². The largest absolute Gasteiger partial charge is 0.389 e. The summed E-state index contributed by atoms with van der Waals surface area (Å²) in [7, 11) is 0. The predicted molar refractivity (Wildman–Crippen MR) is 71.3 cm³/mol. The van der Waals surface area contributed by atoms with Crippen LogP contribution in [-0.2, 0) is 4.74 Å². The van der Waals surface area contributed by atoms with Crippen molar-refractivity contribution in [2.45, 2.75) is 76.8 Å². The maximum atomic E-state index is 10.2. The van der Waals surface area contributed by atoms with Gasteiger partial charge in [-0.3, -0.25) is 0 Å². The topological polar surface area (TPSA) is 49.7 Å². The first-order chi connectivity index (χ1) is 8.22. The van der Waals surface area contributed by atoms with Gasteiger partial charge < -0.3 is 14.9 Å². The second kappa shape index (κ2) is 4.62. The molecule has 0 aromatic heterocycles. The van der Waals surface area contributed by atoms with Gasteiger partial charge in [0.2, 0.25) is 0 Å². The van der Waals surface area contributed by atoms with Gasteiger partial charge >= 0.3 is 0 Å². The Morgan fingerprint density at radius 1 is 1.39 bits per heavy atom. The second-order valence-electron chi connectivity index (χ2n) is 6.76. The normalized spacial score (nSPS) is 41.9. The molecule has 2 N–H and O–H groups in total. The molecule has 4 atom stereocenters. The Hall–Kier alpha value is -0.380. The van der Waals surface area contributed by atoms with E-state index in [9.17, 15) is 10.2 Å². The van der Waals surface area contributed by atoms with Gasteiger partial charge in [0.05, 0.1) is 23.4 Å². The summed E-state index contributed by atoms with van der Waals surface area (Å²) in [5, 5.41) is 20.3. The summed E-state index contributed by atoms with van der Waals surface area (Å²) in [6, 6.07) is 0. The molecule has 1 aliphatic carbocycles. The lowest BCUT2D eigenvalue weighted by Crippen LogP contribution is -2.45. The lowest BCUT2D eigenvalue weighted by atomic mass is 9.75. The molecule has 0 bridgehead atoms. The minimum absolute atomic E-state index is 0.123. The van der Waals surface area contributed by atoms with Crippen LogP contribution in [0.2, 0.25) is 0 Å². The Labute approximate surface area is 110 Å². The van der Waals surface area contributed by atoms with Crippen LogP contribution in [0, 0.1) is 5.92 Å². The molecule has 0 radical (unpaired) electrons. The monoisotopic (exact) mass is 254 g/mol. The Balaban J connectivity index is 2.10. The molecule has 1 fully saturated rings. The van der Waals surface area contributed by atoms with Crippen molar-refractivity contribution in [2.75, 3.05) is 0 Å². The lowest BCUT2D eigenvalue weighted by Gasteiger charge is -2.40. The summed E-state index contributed by atoms with van der Waals surface area (Å²) in [5.41, 5.74) is 0.157. The van der Waals surface area contributed by atoms with Crippen LogP contribution in [0.1, 0.15) is 53.4 Å². The van der Waals surface area contributed by atoms with E-state index in [1.54, 1.807) is 13.8 Å². The molecule has 2 rings (SSSR count). The summed E-state index contributed by atoms with van der Waals surface area (Å²) < 4.78 is 6.12. The first-order valence-corrected chi connectivity index (χ1v) is 6.98. The molecule has 0 unspecified atom stereocenters. The van der Waals surface area contributed by atoms with Gasteiger partial charge in [0, 0.05) is 5.92 Å². The number of allylic oxidation sites excluding steroid dienone is 1. The average molecular weight is 254 g/mol. The van der Waals surface area contributed by atoms with Gasteiger partial charge in [0.25, 0.3) is 0 Å². The Bertz CT molecular complexity index is 342. The van der Waals surface area contributed by atoms with Crippen molar-refractivity contribution in [1.29, 1.82) is 0 Å². The SMILES string of the molecule is CC1=C[C@@H](O)[C@@H]([C@]2(C)CC[C@@H](C(C)(C)O)O2)CC1. The zero-order valence-electron chi connectivity index (χ0n) is 11.9. The molecule has 0 amide bonds. The van der Waals surface area contributed by atoms with E-state index in [0.29, 0.717) is 0 Å². The van der Waals surface area contributed by atoms with Gasteiger partial charge in [0.15, 0.2) is 0 Å². The smallest absolute Gasteiger partial charge is 0.0865 e. The Kier molecular flexibility index (Phi) is 3.60. The molecule has 0 aromatic rings. The molecule has 3 nitrogen and oxygen atoms in total. The minimum Gasteiger partial charge on any atom is -0.389 e. The molecule has 0 saturated carbocycles. The molecular weight excluding hydrogens is 228 g/mol. The van der Waals surface area contributed by atoms with E-state index >= 15 is 0 Å². The van der Waals surface area contributed by atoms with Crippen LogP contribution in [0.4, 0.5) is 0 Å². The summed E-state index contributed by atoms with van der Waals surface area (Å²) in [6.45, 7) is 7.74. The molecule has 104 valence electrons.